The number of benzene rings is 3. The van der Waals surface area contributed by atoms with Crippen molar-refractivity contribution in [1.29, 1.82) is 0 Å². The molecule has 0 spiro atoms. The fraction of sp³-hybridized carbons (Fsp3) is 0.167. The smallest absolute Gasteiger partial charge is 0.272 e. The molecule has 5 aromatic rings. The van der Waals surface area contributed by atoms with Crippen molar-refractivity contribution in [2.45, 2.75) is 0 Å². The summed E-state index contributed by atoms with van der Waals surface area (Å²) in [7, 11) is 1.67. The third kappa shape index (κ3) is 4.51. The van der Waals surface area contributed by atoms with Crippen LogP contribution in [0.15, 0.2) is 97.1 Å². The van der Waals surface area contributed by atoms with E-state index in [0.717, 1.165) is 47.0 Å². The van der Waals surface area contributed by atoms with Crippen molar-refractivity contribution in [3.05, 3.63) is 103 Å². The van der Waals surface area contributed by atoms with Crippen molar-refractivity contribution in [3.8, 4) is 28.3 Å². The Labute approximate surface area is 215 Å². The predicted molar refractivity (Wildman–Crippen MR) is 145 cm³/mol. The number of ether oxygens (including phenoxy) is 1. The van der Waals surface area contributed by atoms with Crippen LogP contribution in [0.25, 0.3) is 28.2 Å². The first-order chi connectivity index (χ1) is 18.2. The maximum atomic E-state index is 13.9. The van der Waals surface area contributed by atoms with Gasteiger partial charge in [0.1, 0.15) is 11.4 Å². The Hall–Kier alpha value is -4.65. The van der Waals surface area contributed by atoms with Crippen LogP contribution in [0.5, 0.6) is 5.75 Å². The van der Waals surface area contributed by atoms with Crippen LogP contribution in [0.2, 0.25) is 0 Å². The Morgan fingerprint density at radius 1 is 0.757 bits per heavy atom. The molecule has 184 valence electrons. The van der Waals surface area contributed by atoms with E-state index in [1.165, 1.54) is 0 Å². The van der Waals surface area contributed by atoms with Gasteiger partial charge in [-0.25, -0.2) is 9.50 Å². The van der Waals surface area contributed by atoms with Crippen molar-refractivity contribution in [3.63, 3.8) is 0 Å². The van der Waals surface area contributed by atoms with Crippen LogP contribution in [0.4, 0.5) is 5.69 Å². The Balaban J connectivity index is 1.32. The molecular weight excluding hydrogens is 462 g/mol. The number of methoxy groups -OCH3 is 1. The highest BCUT2D eigenvalue weighted by Gasteiger charge is 2.26. The summed E-state index contributed by atoms with van der Waals surface area (Å²) in [5.74, 6) is 0.796. The Morgan fingerprint density at radius 2 is 1.38 bits per heavy atom. The van der Waals surface area contributed by atoms with Gasteiger partial charge in [0.25, 0.3) is 5.91 Å². The summed E-state index contributed by atoms with van der Waals surface area (Å²) >= 11 is 0. The lowest BCUT2D eigenvalue weighted by atomic mass is 10.1. The van der Waals surface area contributed by atoms with E-state index in [9.17, 15) is 4.79 Å². The number of nitrogens with zero attached hydrogens (tertiary/aromatic N) is 5. The van der Waals surface area contributed by atoms with E-state index in [1.807, 2.05) is 89.8 Å². The molecule has 1 amide bonds. The second-order valence-electron chi connectivity index (χ2n) is 9.04. The highest BCUT2D eigenvalue weighted by molar-refractivity contribution is 5.94. The standard InChI is InChI=1S/C30H27N5O2/c1-37-25-14-12-24(13-15-25)33-16-18-34(19-17-33)30(36)28-20-26(22-8-4-2-5-9-22)31-29-21-27(32-35(28)29)23-10-6-3-7-11-23/h2-15,20-21H,16-19H2,1H3. The van der Waals surface area contributed by atoms with Gasteiger partial charge in [0.15, 0.2) is 5.65 Å². The molecule has 3 heterocycles. The Kier molecular flexibility index (Phi) is 6.02. The molecule has 37 heavy (non-hydrogen) atoms. The van der Waals surface area contributed by atoms with Gasteiger partial charge in [-0.1, -0.05) is 60.7 Å². The van der Waals surface area contributed by atoms with Crippen molar-refractivity contribution >= 4 is 17.2 Å². The number of hydrogen-bond acceptors (Lipinski definition) is 5. The minimum atomic E-state index is -0.0401. The number of hydrogen-bond donors (Lipinski definition) is 0. The number of carbonyl (C=O) groups is 1. The van der Waals surface area contributed by atoms with E-state index in [0.29, 0.717) is 24.4 Å². The molecule has 0 saturated carbocycles. The van der Waals surface area contributed by atoms with Crippen LogP contribution >= 0.6 is 0 Å². The first-order valence-corrected chi connectivity index (χ1v) is 12.4. The zero-order valence-corrected chi connectivity index (χ0v) is 20.6. The van der Waals surface area contributed by atoms with E-state index < -0.39 is 0 Å². The molecule has 2 aromatic heterocycles. The fourth-order valence-electron chi connectivity index (χ4n) is 4.76. The maximum Gasteiger partial charge on any atom is 0.272 e. The van der Waals surface area contributed by atoms with E-state index in [-0.39, 0.29) is 5.91 Å². The van der Waals surface area contributed by atoms with Crippen LogP contribution in [0.3, 0.4) is 0 Å². The minimum Gasteiger partial charge on any atom is -0.497 e. The number of piperazine rings is 1. The van der Waals surface area contributed by atoms with E-state index >= 15 is 0 Å². The van der Waals surface area contributed by atoms with Crippen LogP contribution in [0, 0.1) is 0 Å². The van der Waals surface area contributed by atoms with Crippen LogP contribution < -0.4 is 9.64 Å². The van der Waals surface area contributed by atoms with Gasteiger partial charge in [-0.15, -0.1) is 0 Å². The zero-order valence-electron chi connectivity index (χ0n) is 20.6. The van der Waals surface area contributed by atoms with Crippen molar-refractivity contribution < 1.29 is 9.53 Å². The van der Waals surface area contributed by atoms with Gasteiger partial charge in [0, 0.05) is 49.1 Å². The lowest BCUT2D eigenvalue weighted by Crippen LogP contribution is -2.49. The average Bonchev–Trinajstić information content (AvgIpc) is 3.42. The highest BCUT2D eigenvalue weighted by atomic mass is 16.5. The summed E-state index contributed by atoms with van der Waals surface area (Å²) in [5, 5.41) is 4.80. The van der Waals surface area contributed by atoms with Gasteiger partial charge in [-0.05, 0) is 30.3 Å². The Morgan fingerprint density at radius 3 is 2.00 bits per heavy atom. The van der Waals surface area contributed by atoms with Crippen molar-refractivity contribution in [1.82, 2.24) is 19.5 Å². The fourth-order valence-corrected chi connectivity index (χ4v) is 4.76. The molecule has 1 fully saturated rings. The molecule has 0 radical (unpaired) electrons. The van der Waals surface area contributed by atoms with Crippen molar-refractivity contribution in [2.75, 3.05) is 38.2 Å². The predicted octanol–water partition coefficient (Wildman–Crippen LogP) is 5.03. The molecule has 0 unspecified atom stereocenters. The maximum absolute atomic E-state index is 13.9. The molecule has 6 rings (SSSR count). The third-order valence-corrected chi connectivity index (χ3v) is 6.79. The van der Waals surface area contributed by atoms with Gasteiger partial charge < -0.3 is 14.5 Å². The van der Waals surface area contributed by atoms with E-state index in [2.05, 4.69) is 17.0 Å². The number of rotatable bonds is 5. The second kappa shape index (κ2) is 9.78. The quantitative estimate of drug-likeness (QED) is 0.346. The van der Waals surface area contributed by atoms with Crippen LogP contribution in [0.1, 0.15) is 10.5 Å². The van der Waals surface area contributed by atoms with E-state index in [1.54, 1.807) is 11.6 Å². The highest BCUT2D eigenvalue weighted by Crippen LogP contribution is 2.26. The number of fused-ring (bicyclic) bond motifs is 1. The summed E-state index contributed by atoms with van der Waals surface area (Å²) in [5.41, 5.74) is 5.80. The van der Waals surface area contributed by atoms with Gasteiger partial charge in [-0.2, -0.15) is 5.10 Å². The van der Waals surface area contributed by atoms with E-state index in [4.69, 9.17) is 14.8 Å². The monoisotopic (exact) mass is 489 g/mol. The summed E-state index contributed by atoms with van der Waals surface area (Å²) in [6.07, 6.45) is 0. The van der Waals surface area contributed by atoms with Crippen molar-refractivity contribution in [2.24, 2.45) is 0 Å². The van der Waals surface area contributed by atoms with Crippen LogP contribution in [-0.2, 0) is 0 Å². The first-order valence-electron chi connectivity index (χ1n) is 12.4. The first kappa shape index (κ1) is 22.8. The number of amides is 1. The second-order valence-corrected chi connectivity index (χ2v) is 9.04. The topological polar surface area (TPSA) is 63.0 Å². The molecule has 7 nitrogen and oxygen atoms in total. The molecule has 3 aromatic carbocycles. The van der Waals surface area contributed by atoms with Gasteiger partial charge in [0.05, 0.1) is 18.5 Å². The molecule has 1 saturated heterocycles. The number of aromatic nitrogens is 3. The summed E-state index contributed by atoms with van der Waals surface area (Å²) in [6, 6.07) is 31.8. The summed E-state index contributed by atoms with van der Waals surface area (Å²) in [6.45, 7) is 2.77. The lowest BCUT2D eigenvalue weighted by Gasteiger charge is -2.36. The third-order valence-electron chi connectivity index (χ3n) is 6.79. The number of carbonyl (C=O) groups excluding carboxylic acids is 1. The molecular formula is C30H27N5O2. The largest absolute Gasteiger partial charge is 0.497 e. The van der Waals surface area contributed by atoms with Gasteiger partial charge in [0.2, 0.25) is 0 Å². The molecule has 0 bridgehead atoms. The summed E-state index contributed by atoms with van der Waals surface area (Å²) < 4.78 is 6.96. The SMILES string of the molecule is COc1ccc(N2CCN(C(=O)c3cc(-c4ccccc4)nc4cc(-c5ccccc5)nn34)CC2)cc1. The lowest BCUT2D eigenvalue weighted by molar-refractivity contribution is 0.0738. The molecule has 0 N–H and O–H groups in total. The molecule has 1 aliphatic rings. The molecule has 0 aliphatic carbocycles. The van der Waals surface area contributed by atoms with Crippen LogP contribution in [-0.4, -0.2) is 58.7 Å². The average molecular weight is 490 g/mol. The molecule has 7 heteroatoms. The summed E-state index contributed by atoms with van der Waals surface area (Å²) in [4.78, 5) is 22.9. The molecule has 1 aliphatic heterocycles. The van der Waals surface area contributed by atoms with Gasteiger partial charge in [-0.3, -0.25) is 4.79 Å². The zero-order chi connectivity index (χ0) is 25.2. The number of anilines is 1. The van der Waals surface area contributed by atoms with Gasteiger partial charge >= 0.3 is 0 Å². The normalized spacial score (nSPS) is 13.6. The Bertz CT molecular complexity index is 1520. The minimum absolute atomic E-state index is 0.0401. The molecule has 0 atom stereocenters.